The Kier molecular flexibility index (Phi) is 3.43. The number of hydrogen-bond donors (Lipinski definition) is 1. The summed E-state index contributed by atoms with van der Waals surface area (Å²) in [4.78, 5) is 0. The number of benzene rings is 1. The van der Waals surface area contributed by atoms with Crippen molar-refractivity contribution in [3.05, 3.63) is 35.9 Å². The molecule has 0 amide bonds. The molecule has 98 valence electrons. The zero-order valence-electron chi connectivity index (χ0n) is 11.5. The van der Waals surface area contributed by atoms with E-state index < -0.39 is 0 Å². The predicted octanol–water partition coefficient (Wildman–Crippen LogP) is 3.65. The molecule has 3 rings (SSSR count). The van der Waals surface area contributed by atoms with Gasteiger partial charge in [-0.2, -0.15) is 0 Å². The lowest BCUT2D eigenvalue weighted by Crippen LogP contribution is -2.40. The quantitative estimate of drug-likeness (QED) is 0.832. The summed E-state index contributed by atoms with van der Waals surface area (Å²) in [7, 11) is 0. The molecule has 18 heavy (non-hydrogen) atoms. The van der Waals surface area contributed by atoms with Gasteiger partial charge in [-0.1, -0.05) is 43.7 Å². The molecule has 2 fully saturated rings. The summed E-state index contributed by atoms with van der Waals surface area (Å²) in [6.45, 7) is 4.55. The average Bonchev–Trinajstić information content (AvgIpc) is 2.98. The van der Waals surface area contributed by atoms with Crippen LogP contribution in [0.3, 0.4) is 0 Å². The van der Waals surface area contributed by atoms with Crippen molar-refractivity contribution in [1.29, 1.82) is 0 Å². The zero-order valence-corrected chi connectivity index (χ0v) is 11.5. The molecule has 0 saturated heterocycles. The molecular weight excluding hydrogens is 218 g/mol. The van der Waals surface area contributed by atoms with E-state index in [0.717, 1.165) is 18.4 Å². The van der Waals surface area contributed by atoms with Gasteiger partial charge in [0.2, 0.25) is 0 Å². The first-order chi connectivity index (χ1) is 8.82. The first kappa shape index (κ1) is 12.2. The average molecular weight is 243 g/mol. The Labute approximate surface area is 111 Å². The fraction of sp³-hybridized carbons (Fsp3) is 0.647. The summed E-state index contributed by atoms with van der Waals surface area (Å²) in [5.74, 6) is 2.00. The Morgan fingerprint density at radius 3 is 2.67 bits per heavy atom. The summed E-state index contributed by atoms with van der Waals surface area (Å²) in [5.41, 5.74) is 2.09. The van der Waals surface area contributed by atoms with Crippen LogP contribution in [0.4, 0.5) is 0 Å². The van der Waals surface area contributed by atoms with Crippen molar-refractivity contribution in [2.75, 3.05) is 13.1 Å². The van der Waals surface area contributed by atoms with Gasteiger partial charge in [-0.25, -0.2) is 0 Å². The van der Waals surface area contributed by atoms with Gasteiger partial charge in [0.05, 0.1) is 0 Å². The van der Waals surface area contributed by atoms with Crippen molar-refractivity contribution < 1.29 is 0 Å². The molecule has 1 N–H and O–H groups in total. The second-order valence-corrected chi connectivity index (χ2v) is 6.39. The van der Waals surface area contributed by atoms with Crippen molar-refractivity contribution >= 4 is 0 Å². The van der Waals surface area contributed by atoms with Crippen LogP contribution in [0.25, 0.3) is 0 Å². The van der Waals surface area contributed by atoms with E-state index in [1.54, 1.807) is 0 Å². The van der Waals surface area contributed by atoms with Gasteiger partial charge in [0.1, 0.15) is 0 Å². The Morgan fingerprint density at radius 1 is 1.22 bits per heavy atom. The maximum Gasteiger partial charge on any atom is 0.00136 e. The highest BCUT2D eigenvalue weighted by molar-refractivity contribution is 5.19. The van der Waals surface area contributed by atoms with Gasteiger partial charge in [-0.15, -0.1) is 0 Å². The number of nitrogens with one attached hydrogen (secondary N) is 1. The number of fused-ring (bicyclic) bond motifs is 2. The highest BCUT2D eigenvalue weighted by Crippen LogP contribution is 2.57. The molecule has 2 bridgehead atoms. The van der Waals surface area contributed by atoms with E-state index in [0.29, 0.717) is 5.41 Å². The van der Waals surface area contributed by atoms with Crippen LogP contribution >= 0.6 is 0 Å². The van der Waals surface area contributed by atoms with Gasteiger partial charge < -0.3 is 5.32 Å². The molecular formula is C17H25N. The van der Waals surface area contributed by atoms with Crippen molar-refractivity contribution in [1.82, 2.24) is 5.32 Å². The summed E-state index contributed by atoms with van der Waals surface area (Å²) < 4.78 is 0. The minimum atomic E-state index is 0.556. The van der Waals surface area contributed by atoms with Crippen LogP contribution in [0.2, 0.25) is 0 Å². The smallest absolute Gasteiger partial charge is 0.00136 e. The first-order valence-corrected chi connectivity index (χ1v) is 7.57. The summed E-state index contributed by atoms with van der Waals surface area (Å²) >= 11 is 0. The molecule has 1 nitrogen and oxygen atoms in total. The minimum Gasteiger partial charge on any atom is -0.316 e. The van der Waals surface area contributed by atoms with Gasteiger partial charge in [0, 0.05) is 6.54 Å². The van der Waals surface area contributed by atoms with Crippen LogP contribution in [-0.4, -0.2) is 13.1 Å². The van der Waals surface area contributed by atoms with Crippen LogP contribution in [0, 0.1) is 17.3 Å². The van der Waals surface area contributed by atoms with Crippen LogP contribution in [-0.2, 0) is 6.42 Å². The van der Waals surface area contributed by atoms with Crippen LogP contribution in [0.5, 0.6) is 0 Å². The third-order valence-electron chi connectivity index (χ3n) is 5.23. The van der Waals surface area contributed by atoms with Gasteiger partial charge in [-0.05, 0) is 55.0 Å². The van der Waals surface area contributed by atoms with Crippen molar-refractivity contribution in [3.8, 4) is 0 Å². The van der Waals surface area contributed by atoms with Crippen molar-refractivity contribution in [2.45, 2.75) is 39.0 Å². The van der Waals surface area contributed by atoms with Crippen LogP contribution < -0.4 is 5.32 Å². The molecule has 2 saturated carbocycles. The van der Waals surface area contributed by atoms with E-state index in [4.69, 9.17) is 0 Å². The standard InChI is InChI=1S/C17H25N/c1-2-18-13-17(11-14-6-4-3-5-7-14)12-15-8-9-16(17)10-15/h3-7,15-16,18H,2,8-13H2,1H3. The zero-order chi connectivity index (χ0) is 12.4. The van der Waals surface area contributed by atoms with E-state index in [1.165, 1.54) is 44.2 Å². The maximum atomic E-state index is 3.64. The molecule has 0 aromatic heterocycles. The lowest BCUT2D eigenvalue weighted by atomic mass is 9.69. The number of hydrogen-bond acceptors (Lipinski definition) is 1. The second kappa shape index (κ2) is 5.05. The maximum absolute atomic E-state index is 3.64. The van der Waals surface area contributed by atoms with E-state index in [2.05, 4.69) is 42.6 Å². The van der Waals surface area contributed by atoms with Crippen molar-refractivity contribution in [2.24, 2.45) is 17.3 Å². The van der Waals surface area contributed by atoms with Gasteiger partial charge in [-0.3, -0.25) is 0 Å². The Morgan fingerprint density at radius 2 is 2.06 bits per heavy atom. The van der Waals surface area contributed by atoms with E-state index >= 15 is 0 Å². The van der Waals surface area contributed by atoms with Gasteiger partial charge in [0.25, 0.3) is 0 Å². The molecule has 1 aromatic carbocycles. The number of rotatable bonds is 5. The van der Waals surface area contributed by atoms with E-state index in [1.807, 2.05) is 0 Å². The highest BCUT2D eigenvalue weighted by atomic mass is 14.9. The molecule has 2 aliphatic rings. The Hall–Kier alpha value is -0.820. The third-order valence-corrected chi connectivity index (χ3v) is 5.23. The molecule has 0 heterocycles. The second-order valence-electron chi connectivity index (χ2n) is 6.39. The molecule has 3 unspecified atom stereocenters. The van der Waals surface area contributed by atoms with Crippen LogP contribution in [0.1, 0.15) is 38.2 Å². The fourth-order valence-corrected chi connectivity index (χ4v) is 4.43. The predicted molar refractivity (Wildman–Crippen MR) is 76.6 cm³/mol. The molecule has 1 aromatic rings. The minimum absolute atomic E-state index is 0.556. The molecule has 0 spiro atoms. The largest absolute Gasteiger partial charge is 0.316 e. The Bertz CT molecular complexity index is 386. The SMILES string of the molecule is CCNCC1(Cc2ccccc2)CC2CCC1C2. The van der Waals surface area contributed by atoms with E-state index in [-0.39, 0.29) is 0 Å². The summed E-state index contributed by atoms with van der Waals surface area (Å²) in [6.07, 6.45) is 7.20. The van der Waals surface area contributed by atoms with E-state index in [9.17, 15) is 0 Å². The summed E-state index contributed by atoms with van der Waals surface area (Å²) in [5, 5.41) is 3.64. The topological polar surface area (TPSA) is 12.0 Å². The van der Waals surface area contributed by atoms with Gasteiger partial charge >= 0.3 is 0 Å². The normalized spacial score (nSPS) is 34.1. The fourth-order valence-electron chi connectivity index (χ4n) is 4.43. The third kappa shape index (κ3) is 2.21. The summed E-state index contributed by atoms with van der Waals surface area (Å²) in [6, 6.07) is 11.1. The Balaban J connectivity index is 1.78. The lowest BCUT2D eigenvalue weighted by molar-refractivity contribution is 0.157. The molecule has 1 heteroatoms. The molecule has 2 aliphatic carbocycles. The lowest BCUT2D eigenvalue weighted by Gasteiger charge is -2.38. The highest BCUT2D eigenvalue weighted by Gasteiger charge is 2.50. The molecule has 3 atom stereocenters. The van der Waals surface area contributed by atoms with Gasteiger partial charge in [0.15, 0.2) is 0 Å². The monoisotopic (exact) mass is 243 g/mol. The molecule has 0 aliphatic heterocycles. The van der Waals surface area contributed by atoms with Crippen LogP contribution in [0.15, 0.2) is 30.3 Å². The molecule has 0 radical (unpaired) electrons. The van der Waals surface area contributed by atoms with Crippen molar-refractivity contribution in [3.63, 3.8) is 0 Å². The first-order valence-electron chi connectivity index (χ1n) is 7.57.